The van der Waals surface area contributed by atoms with Crippen molar-refractivity contribution in [2.24, 2.45) is 9.98 Å². The first-order valence-corrected chi connectivity index (χ1v) is 20.5. The van der Waals surface area contributed by atoms with Crippen molar-refractivity contribution in [3.8, 4) is 23.0 Å². The molecule has 282 valence electrons. The molecule has 0 fully saturated rings. The highest BCUT2D eigenvalue weighted by atomic mass is 16.5. The molecule has 0 bridgehead atoms. The van der Waals surface area contributed by atoms with Gasteiger partial charge in [-0.25, -0.2) is 0 Å². The van der Waals surface area contributed by atoms with Gasteiger partial charge in [0.05, 0.1) is 26.3 Å². The summed E-state index contributed by atoms with van der Waals surface area (Å²) in [5.74, 6) is 1.86. The van der Waals surface area contributed by atoms with E-state index in [1.807, 2.05) is 12.1 Å². The van der Waals surface area contributed by atoms with E-state index in [1.54, 1.807) is 36.7 Å². The molecule has 0 aliphatic carbocycles. The molecule has 2 aromatic rings. The number of phenols is 2. The SMILES string of the molecule is CCCCCCCCCCCCCCOc1ccc(O)c(C=NCCN=Cc2cc(OCCCCCCCCCCCCCC)ccc2O)c1. The van der Waals surface area contributed by atoms with Crippen LogP contribution in [0.25, 0.3) is 0 Å². The number of phenolic OH excluding ortho intramolecular Hbond substituents is 2. The van der Waals surface area contributed by atoms with Crippen LogP contribution < -0.4 is 9.47 Å². The molecule has 0 amide bonds. The fourth-order valence-electron chi connectivity index (χ4n) is 6.16. The molecule has 6 heteroatoms. The molecule has 0 aliphatic heterocycles. The Balaban J connectivity index is 1.56. The minimum Gasteiger partial charge on any atom is -0.507 e. The summed E-state index contributed by atoms with van der Waals surface area (Å²) in [7, 11) is 0. The lowest BCUT2D eigenvalue weighted by Gasteiger charge is -2.08. The lowest BCUT2D eigenvalue weighted by atomic mass is 10.1. The number of hydrogen-bond donors (Lipinski definition) is 2. The number of unbranched alkanes of at least 4 members (excludes halogenated alkanes) is 22. The fourth-order valence-corrected chi connectivity index (χ4v) is 6.16. The molecule has 0 spiro atoms. The van der Waals surface area contributed by atoms with Crippen LogP contribution in [-0.2, 0) is 0 Å². The van der Waals surface area contributed by atoms with E-state index in [0.29, 0.717) is 37.4 Å². The Morgan fingerprint density at radius 2 is 0.740 bits per heavy atom. The topological polar surface area (TPSA) is 83.6 Å². The van der Waals surface area contributed by atoms with E-state index in [0.717, 1.165) is 24.3 Å². The predicted octanol–water partition coefficient (Wildman–Crippen LogP) is 12.8. The molecule has 0 heterocycles. The molecular weight excluding hydrogens is 620 g/mol. The first kappa shape index (κ1) is 43.1. The van der Waals surface area contributed by atoms with Crippen LogP contribution in [0.5, 0.6) is 23.0 Å². The average Bonchev–Trinajstić information content (AvgIpc) is 3.12. The van der Waals surface area contributed by atoms with Crippen molar-refractivity contribution >= 4 is 12.4 Å². The van der Waals surface area contributed by atoms with Crippen molar-refractivity contribution in [3.05, 3.63) is 47.5 Å². The second kappa shape index (κ2) is 30.8. The van der Waals surface area contributed by atoms with Crippen molar-refractivity contribution < 1.29 is 19.7 Å². The summed E-state index contributed by atoms with van der Waals surface area (Å²) in [6.07, 6.45) is 35.1. The molecule has 2 N–H and O–H groups in total. The Kier molecular flexibility index (Phi) is 26.6. The van der Waals surface area contributed by atoms with Crippen LogP contribution in [0.3, 0.4) is 0 Å². The van der Waals surface area contributed by atoms with Gasteiger partial charge >= 0.3 is 0 Å². The van der Waals surface area contributed by atoms with Gasteiger partial charge in [-0.2, -0.15) is 0 Å². The first-order chi connectivity index (χ1) is 24.6. The summed E-state index contributed by atoms with van der Waals surface area (Å²) in [6, 6.07) is 10.6. The quantitative estimate of drug-likeness (QED) is 0.0576. The Hall–Kier alpha value is -3.02. The summed E-state index contributed by atoms with van der Waals surface area (Å²) < 4.78 is 11.9. The summed E-state index contributed by atoms with van der Waals surface area (Å²) in [5, 5.41) is 20.6. The highest BCUT2D eigenvalue weighted by molar-refractivity contribution is 5.85. The van der Waals surface area contributed by atoms with Crippen molar-refractivity contribution in [2.75, 3.05) is 26.3 Å². The van der Waals surface area contributed by atoms with E-state index in [4.69, 9.17) is 9.47 Å². The van der Waals surface area contributed by atoms with E-state index in [2.05, 4.69) is 23.8 Å². The highest BCUT2D eigenvalue weighted by Crippen LogP contribution is 2.23. The second-order valence-electron chi connectivity index (χ2n) is 14.0. The third kappa shape index (κ3) is 22.6. The predicted molar refractivity (Wildman–Crippen MR) is 214 cm³/mol. The van der Waals surface area contributed by atoms with E-state index >= 15 is 0 Å². The largest absolute Gasteiger partial charge is 0.507 e. The van der Waals surface area contributed by atoms with Crippen molar-refractivity contribution in [1.82, 2.24) is 0 Å². The summed E-state index contributed by atoms with van der Waals surface area (Å²) in [4.78, 5) is 8.88. The summed E-state index contributed by atoms with van der Waals surface area (Å²) in [5.41, 5.74) is 1.27. The molecule has 0 unspecified atom stereocenters. The van der Waals surface area contributed by atoms with E-state index in [9.17, 15) is 10.2 Å². The van der Waals surface area contributed by atoms with Crippen LogP contribution in [0.2, 0.25) is 0 Å². The summed E-state index contributed by atoms with van der Waals surface area (Å²) in [6.45, 7) is 6.85. The Bertz CT molecular complexity index is 1060. The number of ether oxygens (including phenoxy) is 2. The van der Waals surface area contributed by atoms with Crippen LogP contribution in [0.4, 0.5) is 0 Å². The lowest BCUT2D eigenvalue weighted by Crippen LogP contribution is -1.98. The maximum Gasteiger partial charge on any atom is 0.124 e. The molecule has 0 saturated heterocycles. The number of nitrogens with zero attached hydrogens (tertiary/aromatic N) is 2. The van der Waals surface area contributed by atoms with Crippen LogP contribution in [0.1, 0.15) is 179 Å². The fraction of sp³-hybridized carbons (Fsp3) is 0.682. The molecule has 6 nitrogen and oxygen atoms in total. The standard InChI is InChI=1S/C44H72N2O4/c1-3-5-7-9-11-13-15-17-19-21-23-25-33-49-41-27-29-43(47)39(35-41)37-45-31-32-46-38-40-36-42(28-30-44(40)48)50-34-26-24-22-20-18-16-14-12-10-8-6-4-2/h27-30,35-38,47-48H,3-26,31-34H2,1-2H3. The lowest BCUT2D eigenvalue weighted by molar-refractivity contribution is 0.303. The minimum atomic E-state index is 0.181. The third-order valence-electron chi connectivity index (χ3n) is 9.35. The van der Waals surface area contributed by atoms with Crippen molar-refractivity contribution in [1.29, 1.82) is 0 Å². The second-order valence-corrected chi connectivity index (χ2v) is 14.0. The Labute approximate surface area is 306 Å². The number of aromatic hydroxyl groups is 2. The van der Waals surface area contributed by atoms with Gasteiger partial charge < -0.3 is 19.7 Å². The van der Waals surface area contributed by atoms with E-state index in [-0.39, 0.29) is 11.5 Å². The van der Waals surface area contributed by atoms with Crippen molar-refractivity contribution in [3.63, 3.8) is 0 Å². The minimum absolute atomic E-state index is 0.181. The van der Waals surface area contributed by atoms with Crippen LogP contribution in [-0.4, -0.2) is 48.9 Å². The van der Waals surface area contributed by atoms with Gasteiger partial charge in [0.15, 0.2) is 0 Å². The Morgan fingerprint density at radius 1 is 0.440 bits per heavy atom. The normalized spacial score (nSPS) is 11.6. The van der Waals surface area contributed by atoms with Gasteiger partial charge in [-0.1, -0.05) is 155 Å². The molecule has 2 rings (SSSR count). The van der Waals surface area contributed by atoms with Gasteiger partial charge in [-0.3, -0.25) is 9.98 Å². The van der Waals surface area contributed by atoms with Crippen LogP contribution in [0, 0.1) is 0 Å². The van der Waals surface area contributed by atoms with Gasteiger partial charge in [0.1, 0.15) is 23.0 Å². The zero-order chi connectivity index (χ0) is 35.7. The number of rotatable bonds is 33. The van der Waals surface area contributed by atoms with Crippen LogP contribution >= 0.6 is 0 Å². The van der Waals surface area contributed by atoms with Gasteiger partial charge in [0.25, 0.3) is 0 Å². The van der Waals surface area contributed by atoms with Crippen LogP contribution in [0.15, 0.2) is 46.4 Å². The molecule has 0 saturated carbocycles. The molecule has 2 aromatic carbocycles. The van der Waals surface area contributed by atoms with Gasteiger partial charge in [-0.15, -0.1) is 0 Å². The molecule has 0 aliphatic rings. The zero-order valence-corrected chi connectivity index (χ0v) is 32.0. The van der Waals surface area contributed by atoms with E-state index < -0.39 is 0 Å². The molecule has 0 aromatic heterocycles. The molecular formula is C44H72N2O4. The number of hydrogen-bond acceptors (Lipinski definition) is 6. The monoisotopic (exact) mass is 693 g/mol. The highest BCUT2D eigenvalue weighted by Gasteiger charge is 2.04. The van der Waals surface area contributed by atoms with Gasteiger partial charge in [-0.05, 0) is 49.2 Å². The molecule has 0 atom stereocenters. The zero-order valence-electron chi connectivity index (χ0n) is 32.0. The molecule has 50 heavy (non-hydrogen) atoms. The third-order valence-corrected chi connectivity index (χ3v) is 9.35. The van der Waals surface area contributed by atoms with Crippen molar-refractivity contribution in [2.45, 2.75) is 168 Å². The maximum absolute atomic E-state index is 10.3. The number of aliphatic imine (C=N–C) groups is 2. The van der Waals surface area contributed by atoms with E-state index in [1.165, 1.54) is 141 Å². The average molecular weight is 693 g/mol. The summed E-state index contributed by atoms with van der Waals surface area (Å²) >= 11 is 0. The maximum atomic E-state index is 10.3. The molecule has 0 radical (unpaired) electrons. The van der Waals surface area contributed by atoms with Gasteiger partial charge in [0, 0.05) is 23.6 Å². The smallest absolute Gasteiger partial charge is 0.124 e. The van der Waals surface area contributed by atoms with Gasteiger partial charge in [0.2, 0.25) is 0 Å². The first-order valence-electron chi connectivity index (χ1n) is 20.5. The Morgan fingerprint density at radius 3 is 1.06 bits per heavy atom. The number of benzene rings is 2.